The third-order valence-electron chi connectivity index (χ3n) is 4.69. The summed E-state index contributed by atoms with van der Waals surface area (Å²) in [6.07, 6.45) is 4.21. The quantitative estimate of drug-likeness (QED) is 0.497. The van der Waals surface area contributed by atoms with E-state index in [0.29, 0.717) is 19.2 Å². The number of sulfone groups is 1. The molecule has 0 aliphatic carbocycles. The van der Waals surface area contributed by atoms with E-state index in [2.05, 4.69) is 0 Å². The summed E-state index contributed by atoms with van der Waals surface area (Å²) in [5.74, 6) is -3.63. The lowest BCUT2D eigenvalue weighted by molar-refractivity contribution is 0.0696. The molecule has 0 heterocycles. The van der Waals surface area contributed by atoms with E-state index >= 15 is 0 Å². The zero-order valence-electron chi connectivity index (χ0n) is 17.8. The van der Waals surface area contributed by atoms with Crippen LogP contribution < -0.4 is 9.64 Å². The molecular weight excluding hydrogens is 428 g/mol. The first-order valence-electron chi connectivity index (χ1n) is 10.1. The van der Waals surface area contributed by atoms with Crippen LogP contribution in [0.5, 0.6) is 11.5 Å². The zero-order chi connectivity index (χ0) is 23.2. The van der Waals surface area contributed by atoms with Crippen LogP contribution in [-0.2, 0) is 9.84 Å². The largest absolute Gasteiger partial charge is 0.478 e. The molecule has 31 heavy (non-hydrogen) atoms. The van der Waals surface area contributed by atoms with E-state index in [0.717, 1.165) is 50.1 Å². The van der Waals surface area contributed by atoms with Crippen LogP contribution in [-0.4, -0.2) is 38.8 Å². The highest BCUT2D eigenvalue weighted by molar-refractivity contribution is 7.90. The number of anilines is 1. The van der Waals surface area contributed by atoms with Crippen molar-refractivity contribution in [1.29, 1.82) is 0 Å². The average molecular weight is 456 g/mol. The lowest BCUT2D eigenvalue weighted by atomic mass is 10.1. The molecule has 170 valence electrons. The lowest BCUT2D eigenvalue weighted by Crippen LogP contribution is -2.27. The van der Waals surface area contributed by atoms with Gasteiger partial charge in [0.2, 0.25) is 0 Å². The topological polar surface area (TPSA) is 83.9 Å². The summed E-state index contributed by atoms with van der Waals surface area (Å²) < 4.78 is 58.3. The smallest absolute Gasteiger partial charge is 0.335 e. The van der Waals surface area contributed by atoms with Gasteiger partial charge in [0.05, 0.1) is 11.3 Å². The van der Waals surface area contributed by atoms with Crippen LogP contribution in [0.3, 0.4) is 0 Å². The van der Waals surface area contributed by atoms with Gasteiger partial charge in [-0.2, -0.15) is 0 Å². The van der Waals surface area contributed by atoms with Crippen LogP contribution in [0.2, 0.25) is 0 Å². The number of carbonyl (C=O) groups is 1. The number of unbranched alkanes of at least 4 members (excludes halogenated alkanes) is 2. The maximum atomic E-state index is 14.3. The van der Waals surface area contributed by atoms with Crippen LogP contribution in [0.1, 0.15) is 49.9 Å². The molecule has 0 fully saturated rings. The van der Waals surface area contributed by atoms with Crippen molar-refractivity contribution in [1.82, 2.24) is 0 Å². The number of carboxylic acid groups (broad SMARTS) is 1. The van der Waals surface area contributed by atoms with Crippen LogP contribution in [0, 0.1) is 11.6 Å². The van der Waals surface area contributed by atoms with Crippen LogP contribution in [0.15, 0.2) is 35.2 Å². The number of aromatic carboxylic acids is 1. The molecule has 9 heteroatoms. The Morgan fingerprint density at radius 2 is 1.68 bits per heavy atom. The van der Waals surface area contributed by atoms with Crippen LogP contribution >= 0.6 is 0 Å². The Morgan fingerprint density at radius 3 is 2.16 bits per heavy atom. The van der Waals surface area contributed by atoms with Crippen molar-refractivity contribution in [3.8, 4) is 11.5 Å². The molecule has 0 saturated heterocycles. The van der Waals surface area contributed by atoms with Gasteiger partial charge in [0.25, 0.3) is 0 Å². The highest BCUT2D eigenvalue weighted by Gasteiger charge is 2.26. The van der Waals surface area contributed by atoms with Gasteiger partial charge in [-0.1, -0.05) is 26.7 Å². The molecule has 0 spiro atoms. The van der Waals surface area contributed by atoms with Gasteiger partial charge in [0, 0.05) is 25.4 Å². The predicted molar refractivity (Wildman–Crippen MR) is 115 cm³/mol. The zero-order valence-corrected chi connectivity index (χ0v) is 18.6. The minimum Gasteiger partial charge on any atom is -0.478 e. The molecule has 2 rings (SSSR count). The normalized spacial score (nSPS) is 11.4. The van der Waals surface area contributed by atoms with Gasteiger partial charge in [0.15, 0.2) is 27.2 Å². The maximum Gasteiger partial charge on any atom is 0.335 e. The SMILES string of the molecule is CCCCN(CCCC)c1cc(C(=O)O)cc(S(C)(=O)=O)c1Oc1ccc(F)cc1F. The second-order valence-electron chi connectivity index (χ2n) is 7.27. The molecule has 6 nitrogen and oxygen atoms in total. The van der Waals surface area contributed by atoms with Gasteiger partial charge in [-0.25, -0.2) is 22.0 Å². The molecule has 0 unspecified atom stereocenters. The fourth-order valence-corrected chi connectivity index (χ4v) is 3.87. The number of rotatable bonds is 11. The Hall–Kier alpha value is -2.68. The van der Waals surface area contributed by atoms with E-state index < -0.39 is 27.4 Å². The minimum atomic E-state index is -3.94. The van der Waals surface area contributed by atoms with E-state index in [-0.39, 0.29) is 27.6 Å². The Bertz CT molecular complexity index is 1030. The number of nitrogens with zero attached hydrogens (tertiary/aromatic N) is 1. The number of ether oxygens (including phenoxy) is 1. The van der Waals surface area contributed by atoms with Crippen molar-refractivity contribution in [2.75, 3.05) is 24.2 Å². The van der Waals surface area contributed by atoms with Gasteiger partial charge in [-0.05, 0) is 37.1 Å². The molecule has 1 N–H and O–H groups in total. The van der Waals surface area contributed by atoms with Crippen molar-refractivity contribution in [2.24, 2.45) is 0 Å². The highest BCUT2D eigenvalue weighted by Crippen LogP contribution is 2.40. The van der Waals surface area contributed by atoms with Gasteiger partial charge < -0.3 is 14.7 Å². The molecule has 2 aromatic carbocycles. The number of halogens is 2. The first-order chi connectivity index (χ1) is 14.6. The molecule has 0 atom stereocenters. The molecule has 0 bridgehead atoms. The van der Waals surface area contributed by atoms with E-state index in [1.807, 2.05) is 18.7 Å². The van der Waals surface area contributed by atoms with Gasteiger partial charge in [0.1, 0.15) is 10.7 Å². The Labute approximate surface area is 181 Å². The van der Waals surface area contributed by atoms with E-state index in [1.54, 1.807) is 0 Å². The molecule has 0 aliphatic rings. The first-order valence-corrected chi connectivity index (χ1v) is 12.0. The molecule has 2 aromatic rings. The van der Waals surface area contributed by atoms with Crippen molar-refractivity contribution in [2.45, 2.75) is 44.4 Å². The summed E-state index contributed by atoms with van der Waals surface area (Å²) in [5.41, 5.74) is 0.0197. The number of hydrogen-bond acceptors (Lipinski definition) is 5. The third kappa shape index (κ3) is 6.40. The highest BCUT2D eigenvalue weighted by atomic mass is 32.2. The molecule has 0 radical (unpaired) electrons. The van der Waals surface area contributed by atoms with Gasteiger partial charge in [-0.3, -0.25) is 0 Å². The molecule has 0 amide bonds. The molecule has 0 aromatic heterocycles. The minimum absolute atomic E-state index is 0.176. The summed E-state index contributed by atoms with van der Waals surface area (Å²) in [6, 6.07) is 5.02. The van der Waals surface area contributed by atoms with Crippen molar-refractivity contribution < 1.29 is 31.8 Å². The molecule has 0 aliphatic heterocycles. The summed E-state index contributed by atoms with van der Waals surface area (Å²) in [7, 11) is -3.94. The Kier molecular flexibility index (Phi) is 8.38. The Morgan fingerprint density at radius 1 is 1.06 bits per heavy atom. The summed E-state index contributed by atoms with van der Waals surface area (Å²) >= 11 is 0. The Balaban J connectivity index is 2.76. The van der Waals surface area contributed by atoms with Crippen LogP contribution in [0.25, 0.3) is 0 Å². The molecule has 0 saturated carbocycles. The predicted octanol–water partition coefficient (Wildman–Crippen LogP) is 5.27. The second-order valence-corrected chi connectivity index (χ2v) is 9.26. The van der Waals surface area contributed by atoms with Crippen LogP contribution in [0.4, 0.5) is 14.5 Å². The van der Waals surface area contributed by atoms with Crippen molar-refractivity contribution >= 4 is 21.5 Å². The monoisotopic (exact) mass is 455 g/mol. The van der Waals surface area contributed by atoms with Crippen molar-refractivity contribution in [3.63, 3.8) is 0 Å². The average Bonchev–Trinajstić information content (AvgIpc) is 2.69. The van der Waals surface area contributed by atoms with E-state index in [1.165, 1.54) is 6.07 Å². The van der Waals surface area contributed by atoms with Gasteiger partial charge in [-0.15, -0.1) is 0 Å². The summed E-state index contributed by atoms with van der Waals surface area (Å²) in [6.45, 7) is 5.06. The molecular formula is C22H27F2NO5S. The number of benzene rings is 2. The van der Waals surface area contributed by atoms with Crippen molar-refractivity contribution in [3.05, 3.63) is 47.5 Å². The third-order valence-corrected chi connectivity index (χ3v) is 5.79. The number of carboxylic acids is 1. The van der Waals surface area contributed by atoms with Gasteiger partial charge >= 0.3 is 5.97 Å². The maximum absolute atomic E-state index is 14.3. The first kappa shape index (κ1) is 24.6. The summed E-state index contributed by atoms with van der Waals surface area (Å²) in [4.78, 5) is 13.2. The standard InChI is InChI=1S/C22H27F2NO5S/c1-4-6-10-25(11-7-5-2)18-12-15(22(26)27)13-20(31(3,28)29)21(18)30-19-9-8-16(23)14-17(19)24/h8-9,12-14H,4-7,10-11H2,1-3H3,(H,26,27). The van der Waals surface area contributed by atoms with E-state index in [9.17, 15) is 27.1 Å². The fourth-order valence-electron chi connectivity index (χ4n) is 3.04. The fraction of sp³-hybridized carbons (Fsp3) is 0.409. The lowest BCUT2D eigenvalue weighted by Gasteiger charge is -2.28. The number of hydrogen-bond donors (Lipinski definition) is 1. The van der Waals surface area contributed by atoms with E-state index in [4.69, 9.17) is 4.74 Å². The summed E-state index contributed by atoms with van der Waals surface area (Å²) in [5, 5.41) is 9.53. The second kappa shape index (κ2) is 10.6.